The number of ether oxygens (including phenoxy) is 1. The zero-order valence-corrected chi connectivity index (χ0v) is 13.0. The first kappa shape index (κ1) is 13.6. The van der Waals surface area contributed by atoms with E-state index in [1.807, 2.05) is 0 Å². The van der Waals surface area contributed by atoms with Gasteiger partial charge in [0.25, 0.3) is 0 Å². The van der Waals surface area contributed by atoms with Crippen LogP contribution in [0.4, 0.5) is 4.79 Å². The zero-order valence-electron chi connectivity index (χ0n) is 11.2. The molecule has 0 aromatic carbocycles. The van der Waals surface area contributed by atoms with Gasteiger partial charge in [0.15, 0.2) is 0 Å². The van der Waals surface area contributed by atoms with E-state index in [0.717, 1.165) is 12.5 Å². The van der Waals surface area contributed by atoms with E-state index in [2.05, 4.69) is 41.8 Å². The lowest BCUT2D eigenvalue weighted by Crippen LogP contribution is -2.29. The van der Waals surface area contributed by atoms with Crippen LogP contribution in [-0.2, 0) is 4.74 Å². The Morgan fingerprint density at radius 2 is 2.33 bits per heavy atom. The monoisotopic (exact) mass is 283 g/mol. The van der Waals surface area contributed by atoms with E-state index in [9.17, 15) is 4.79 Å². The van der Waals surface area contributed by atoms with Crippen LogP contribution in [0.2, 0.25) is 25.7 Å². The molecule has 1 N–H and O–H groups in total. The molecule has 100 valence electrons. The van der Waals surface area contributed by atoms with E-state index in [1.54, 1.807) is 11.3 Å². The number of hydrogen-bond donors (Lipinski definition) is 1. The Morgan fingerprint density at radius 3 is 2.94 bits per heavy atom. The van der Waals surface area contributed by atoms with Gasteiger partial charge in [-0.15, -0.1) is 0 Å². The van der Waals surface area contributed by atoms with Gasteiger partial charge in [-0.3, -0.25) is 0 Å². The average Bonchev–Trinajstić information content (AvgIpc) is 2.80. The molecule has 1 aliphatic carbocycles. The van der Waals surface area contributed by atoms with E-state index in [4.69, 9.17) is 4.74 Å². The maximum Gasteiger partial charge on any atom is 0.407 e. The highest BCUT2D eigenvalue weighted by atomic mass is 32.1. The molecule has 2 unspecified atom stereocenters. The van der Waals surface area contributed by atoms with Crippen molar-refractivity contribution in [3.05, 3.63) is 22.4 Å². The average molecular weight is 283 g/mol. The van der Waals surface area contributed by atoms with Crippen molar-refractivity contribution >= 4 is 25.5 Å². The van der Waals surface area contributed by atoms with Crippen LogP contribution in [0.15, 0.2) is 16.8 Å². The van der Waals surface area contributed by atoms with Crippen molar-refractivity contribution in [3.63, 3.8) is 0 Å². The molecule has 3 nitrogen and oxygen atoms in total. The molecule has 2 atom stereocenters. The third-order valence-electron chi connectivity index (χ3n) is 3.15. The summed E-state index contributed by atoms with van der Waals surface area (Å²) in [5.41, 5.74) is 1.34. The summed E-state index contributed by atoms with van der Waals surface area (Å²) in [6, 6.07) is 3.44. The smallest absolute Gasteiger partial charge is 0.407 e. The lowest BCUT2D eigenvalue weighted by molar-refractivity contribution is 0.151. The molecular weight excluding hydrogens is 262 g/mol. The number of nitrogens with one attached hydrogen (secondary N) is 1. The Morgan fingerprint density at radius 1 is 1.56 bits per heavy atom. The van der Waals surface area contributed by atoms with Crippen molar-refractivity contribution in [2.24, 2.45) is 0 Å². The molecule has 1 heterocycles. The summed E-state index contributed by atoms with van der Waals surface area (Å²) in [5.74, 6) is 0.501. The van der Waals surface area contributed by atoms with Gasteiger partial charge in [-0.2, -0.15) is 11.3 Å². The van der Waals surface area contributed by atoms with Gasteiger partial charge in [-0.05, 0) is 34.9 Å². The van der Waals surface area contributed by atoms with Crippen LogP contribution in [0.25, 0.3) is 0 Å². The molecule has 1 aliphatic rings. The Bertz CT molecular complexity index is 400. The highest BCUT2D eigenvalue weighted by Crippen LogP contribution is 2.41. The fraction of sp³-hybridized carbons (Fsp3) is 0.615. The summed E-state index contributed by atoms with van der Waals surface area (Å²) < 4.78 is 5.22. The number of carbonyl (C=O) groups is 1. The minimum absolute atomic E-state index is 0.254. The first-order valence-electron chi connectivity index (χ1n) is 6.41. The molecule has 1 amide bonds. The summed E-state index contributed by atoms with van der Waals surface area (Å²) in [5, 5.41) is 7.17. The highest BCUT2D eigenvalue weighted by molar-refractivity contribution is 7.08. The van der Waals surface area contributed by atoms with Crippen LogP contribution in [-0.4, -0.2) is 26.8 Å². The largest absolute Gasteiger partial charge is 0.450 e. The Labute approximate surface area is 114 Å². The van der Waals surface area contributed by atoms with E-state index < -0.39 is 8.07 Å². The molecule has 1 saturated carbocycles. The second kappa shape index (κ2) is 5.44. The molecule has 18 heavy (non-hydrogen) atoms. The molecule has 2 rings (SSSR count). The molecule has 5 heteroatoms. The fourth-order valence-corrected chi connectivity index (χ4v) is 3.29. The van der Waals surface area contributed by atoms with E-state index in [0.29, 0.717) is 12.5 Å². The normalized spacial score (nSPS) is 22.6. The number of alkyl carbamates (subject to hydrolysis) is 1. The predicted octanol–water partition coefficient (Wildman–Crippen LogP) is 3.67. The van der Waals surface area contributed by atoms with Crippen molar-refractivity contribution < 1.29 is 9.53 Å². The van der Waals surface area contributed by atoms with E-state index in [1.165, 1.54) is 5.56 Å². The Hall–Kier alpha value is -0.813. The summed E-state index contributed by atoms with van der Waals surface area (Å²) in [6.07, 6.45) is 0.788. The van der Waals surface area contributed by atoms with Crippen molar-refractivity contribution in [1.29, 1.82) is 0 Å². The minimum Gasteiger partial charge on any atom is -0.450 e. The highest BCUT2D eigenvalue weighted by Gasteiger charge is 2.40. The first-order valence-corrected chi connectivity index (χ1v) is 11.1. The standard InChI is InChI=1S/C13H21NO2SSi/c1-18(2,3)7-5-16-13(15)14-12-8-11(12)10-4-6-17-9-10/h4,6,9,11-12H,5,7-8H2,1-3H3,(H,14,15). The van der Waals surface area contributed by atoms with Crippen LogP contribution < -0.4 is 5.32 Å². The van der Waals surface area contributed by atoms with Gasteiger partial charge in [0, 0.05) is 20.0 Å². The quantitative estimate of drug-likeness (QED) is 0.837. The van der Waals surface area contributed by atoms with Gasteiger partial charge in [-0.25, -0.2) is 4.79 Å². The van der Waals surface area contributed by atoms with Crippen LogP contribution >= 0.6 is 11.3 Å². The second-order valence-corrected chi connectivity index (χ2v) is 12.5. The van der Waals surface area contributed by atoms with Crippen LogP contribution in [0.3, 0.4) is 0 Å². The third-order valence-corrected chi connectivity index (χ3v) is 5.56. The van der Waals surface area contributed by atoms with Gasteiger partial charge >= 0.3 is 6.09 Å². The zero-order chi connectivity index (χ0) is 13.2. The molecule has 1 aromatic rings. The third kappa shape index (κ3) is 4.14. The van der Waals surface area contributed by atoms with Crippen molar-refractivity contribution in [2.45, 2.75) is 44.1 Å². The SMILES string of the molecule is C[Si](C)(C)CCOC(=O)NC1CC1c1ccsc1. The van der Waals surface area contributed by atoms with Crippen molar-refractivity contribution in [1.82, 2.24) is 5.32 Å². The number of amides is 1. The first-order chi connectivity index (χ1) is 8.46. The molecule has 0 bridgehead atoms. The molecule has 1 aromatic heterocycles. The topological polar surface area (TPSA) is 38.3 Å². The number of thiophene rings is 1. The minimum atomic E-state index is -1.11. The fourth-order valence-electron chi connectivity index (χ4n) is 1.85. The van der Waals surface area contributed by atoms with Gasteiger partial charge in [-0.1, -0.05) is 19.6 Å². The lowest BCUT2D eigenvalue weighted by atomic mass is 10.2. The molecule has 1 fully saturated rings. The van der Waals surface area contributed by atoms with E-state index >= 15 is 0 Å². The molecular formula is C13H21NO2SSi. The predicted molar refractivity (Wildman–Crippen MR) is 78.1 cm³/mol. The van der Waals surface area contributed by atoms with Crippen molar-refractivity contribution in [2.75, 3.05) is 6.61 Å². The number of rotatable bonds is 5. The Kier molecular flexibility index (Phi) is 4.12. The van der Waals surface area contributed by atoms with E-state index in [-0.39, 0.29) is 12.1 Å². The summed E-state index contributed by atoms with van der Waals surface area (Å²) in [7, 11) is -1.11. The summed E-state index contributed by atoms with van der Waals surface area (Å²) >= 11 is 1.71. The lowest BCUT2D eigenvalue weighted by Gasteiger charge is -2.15. The van der Waals surface area contributed by atoms with Crippen LogP contribution in [0.1, 0.15) is 17.9 Å². The summed E-state index contributed by atoms with van der Waals surface area (Å²) in [6.45, 7) is 7.39. The summed E-state index contributed by atoms with van der Waals surface area (Å²) in [4.78, 5) is 11.6. The number of carbonyl (C=O) groups excluding carboxylic acids is 1. The maximum absolute atomic E-state index is 11.6. The molecule has 0 radical (unpaired) electrons. The van der Waals surface area contributed by atoms with Gasteiger partial charge in [0.1, 0.15) is 0 Å². The Balaban J connectivity index is 1.65. The van der Waals surface area contributed by atoms with Gasteiger partial charge in [0.05, 0.1) is 6.61 Å². The second-order valence-electron chi connectivity index (χ2n) is 6.10. The maximum atomic E-state index is 11.6. The molecule has 0 aliphatic heterocycles. The number of hydrogen-bond acceptors (Lipinski definition) is 3. The van der Waals surface area contributed by atoms with Crippen LogP contribution in [0, 0.1) is 0 Å². The van der Waals surface area contributed by atoms with Crippen molar-refractivity contribution in [3.8, 4) is 0 Å². The molecule has 0 spiro atoms. The molecule has 0 saturated heterocycles. The van der Waals surface area contributed by atoms with Gasteiger partial charge in [0.2, 0.25) is 0 Å². The van der Waals surface area contributed by atoms with Gasteiger partial charge < -0.3 is 10.1 Å². The van der Waals surface area contributed by atoms with Crippen LogP contribution in [0.5, 0.6) is 0 Å².